The third-order valence-electron chi connectivity index (χ3n) is 6.66. The van der Waals surface area contributed by atoms with Crippen molar-refractivity contribution < 1.29 is 18.0 Å². The van der Waals surface area contributed by atoms with Crippen LogP contribution in [0.3, 0.4) is 0 Å². The minimum absolute atomic E-state index is 0.0882. The highest BCUT2D eigenvalue weighted by molar-refractivity contribution is 5.79. The zero-order valence-corrected chi connectivity index (χ0v) is 20.6. The fourth-order valence-electron chi connectivity index (χ4n) is 4.54. The highest BCUT2D eigenvalue weighted by atomic mass is 19.4. The van der Waals surface area contributed by atoms with Crippen LogP contribution in [-0.4, -0.2) is 47.0 Å². The molecule has 1 aliphatic rings. The summed E-state index contributed by atoms with van der Waals surface area (Å²) in [6.45, 7) is 10.8. The summed E-state index contributed by atoms with van der Waals surface area (Å²) in [6, 6.07) is 4.97. The summed E-state index contributed by atoms with van der Waals surface area (Å²) in [4.78, 5) is 26.5. The Morgan fingerprint density at radius 2 is 1.68 bits per heavy atom. The first kappa shape index (κ1) is 26.0. The van der Waals surface area contributed by atoms with E-state index in [2.05, 4.69) is 23.7 Å². The number of piperazine rings is 1. The Hall–Kier alpha value is -2.64. The lowest BCUT2D eigenvalue weighted by molar-refractivity contribution is -0.137. The molecule has 0 aliphatic carbocycles. The highest BCUT2D eigenvalue weighted by Crippen LogP contribution is 2.32. The SMILES string of the molecule is CCCCC(CC)C(=O)N1CCN(c2nc(-c3ccc(C(F)(F)F)cc3)nc(C)c2CC)CC1. The minimum atomic E-state index is -4.38. The molecular weight excluding hydrogens is 441 g/mol. The molecule has 1 amide bonds. The maximum absolute atomic E-state index is 13.0. The molecular formula is C26H35F3N4O. The number of unbranched alkanes of at least 4 members (excludes halogenated alkanes) is 1. The van der Waals surface area contributed by atoms with E-state index in [1.807, 2.05) is 18.7 Å². The van der Waals surface area contributed by atoms with Crippen molar-refractivity contribution in [1.29, 1.82) is 0 Å². The van der Waals surface area contributed by atoms with Gasteiger partial charge in [-0.25, -0.2) is 9.97 Å². The number of carbonyl (C=O) groups is 1. The molecule has 34 heavy (non-hydrogen) atoms. The number of halogens is 3. The number of hydrogen-bond acceptors (Lipinski definition) is 4. The third-order valence-corrected chi connectivity index (χ3v) is 6.66. The van der Waals surface area contributed by atoms with Crippen molar-refractivity contribution in [2.75, 3.05) is 31.1 Å². The highest BCUT2D eigenvalue weighted by Gasteiger charge is 2.31. The maximum atomic E-state index is 13.0. The summed E-state index contributed by atoms with van der Waals surface area (Å²) in [7, 11) is 0. The van der Waals surface area contributed by atoms with E-state index in [1.165, 1.54) is 12.1 Å². The number of aryl methyl sites for hydroxylation is 1. The Balaban J connectivity index is 1.79. The van der Waals surface area contributed by atoms with E-state index in [0.29, 0.717) is 37.6 Å². The van der Waals surface area contributed by atoms with Gasteiger partial charge in [0.1, 0.15) is 5.82 Å². The topological polar surface area (TPSA) is 49.3 Å². The molecule has 0 N–H and O–H groups in total. The van der Waals surface area contributed by atoms with Gasteiger partial charge >= 0.3 is 6.18 Å². The molecule has 0 spiro atoms. The number of carbonyl (C=O) groups excluding carboxylic acids is 1. The molecule has 1 saturated heterocycles. The lowest BCUT2D eigenvalue weighted by atomic mass is 9.97. The van der Waals surface area contributed by atoms with E-state index >= 15 is 0 Å². The van der Waals surface area contributed by atoms with Crippen molar-refractivity contribution in [3.8, 4) is 11.4 Å². The molecule has 0 saturated carbocycles. The van der Waals surface area contributed by atoms with Crippen molar-refractivity contribution in [1.82, 2.24) is 14.9 Å². The first-order valence-corrected chi connectivity index (χ1v) is 12.3. The number of benzene rings is 1. The van der Waals surface area contributed by atoms with Crippen molar-refractivity contribution in [3.63, 3.8) is 0 Å². The molecule has 1 fully saturated rings. The van der Waals surface area contributed by atoms with Crippen LogP contribution in [0.5, 0.6) is 0 Å². The molecule has 0 bridgehead atoms. The Labute approximate surface area is 200 Å². The molecule has 2 heterocycles. The van der Waals surface area contributed by atoms with E-state index in [-0.39, 0.29) is 11.8 Å². The van der Waals surface area contributed by atoms with E-state index in [9.17, 15) is 18.0 Å². The zero-order valence-electron chi connectivity index (χ0n) is 20.6. The van der Waals surface area contributed by atoms with E-state index < -0.39 is 11.7 Å². The molecule has 1 aromatic carbocycles. The van der Waals surface area contributed by atoms with Crippen LogP contribution in [0.2, 0.25) is 0 Å². The Morgan fingerprint density at radius 3 is 2.21 bits per heavy atom. The minimum Gasteiger partial charge on any atom is -0.353 e. The van der Waals surface area contributed by atoms with Crippen LogP contribution in [0.25, 0.3) is 11.4 Å². The normalized spacial score (nSPS) is 15.5. The molecule has 2 aromatic rings. The van der Waals surface area contributed by atoms with Crippen LogP contribution < -0.4 is 4.90 Å². The summed E-state index contributed by atoms with van der Waals surface area (Å²) in [5.41, 5.74) is 1.72. The predicted octanol–water partition coefficient (Wildman–Crippen LogP) is 5.90. The number of hydrogen-bond donors (Lipinski definition) is 0. The lowest BCUT2D eigenvalue weighted by Crippen LogP contribution is -2.51. The van der Waals surface area contributed by atoms with Crippen molar-refractivity contribution in [2.24, 2.45) is 5.92 Å². The zero-order chi connectivity index (χ0) is 24.9. The summed E-state index contributed by atoms with van der Waals surface area (Å²) in [6.07, 6.45) is 0.330. The second kappa shape index (κ2) is 11.2. The predicted molar refractivity (Wildman–Crippen MR) is 129 cm³/mol. The summed E-state index contributed by atoms with van der Waals surface area (Å²) < 4.78 is 38.8. The third kappa shape index (κ3) is 5.88. The van der Waals surface area contributed by atoms with Crippen LogP contribution in [0, 0.1) is 12.8 Å². The summed E-state index contributed by atoms with van der Waals surface area (Å²) in [5.74, 6) is 1.57. The summed E-state index contributed by atoms with van der Waals surface area (Å²) >= 11 is 0. The maximum Gasteiger partial charge on any atom is 0.416 e. The first-order chi connectivity index (χ1) is 16.2. The smallest absolute Gasteiger partial charge is 0.353 e. The van der Waals surface area contributed by atoms with Gasteiger partial charge in [0.25, 0.3) is 0 Å². The second-order valence-electron chi connectivity index (χ2n) is 8.92. The van der Waals surface area contributed by atoms with Crippen LogP contribution in [0.1, 0.15) is 63.3 Å². The van der Waals surface area contributed by atoms with Crippen molar-refractivity contribution >= 4 is 11.7 Å². The van der Waals surface area contributed by atoms with Gasteiger partial charge in [0.15, 0.2) is 5.82 Å². The summed E-state index contributed by atoms with van der Waals surface area (Å²) in [5, 5.41) is 0. The van der Waals surface area contributed by atoms with E-state index in [0.717, 1.165) is 61.3 Å². The van der Waals surface area contributed by atoms with E-state index in [4.69, 9.17) is 4.98 Å². The Morgan fingerprint density at radius 1 is 1.03 bits per heavy atom. The lowest BCUT2D eigenvalue weighted by Gasteiger charge is -2.38. The molecule has 8 heteroatoms. The first-order valence-electron chi connectivity index (χ1n) is 12.3. The molecule has 1 aromatic heterocycles. The number of aromatic nitrogens is 2. The number of rotatable bonds is 8. The molecule has 1 atom stereocenters. The van der Waals surface area contributed by atoms with Gasteiger partial charge in [0, 0.05) is 48.9 Å². The molecule has 1 unspecified atom stereocenters. The average Bonchev–Trinajstić information content (AvgIpc) is 2.83. The number of alkyl halides is 3. The average molecular weight is 477 g/mol. The van der Waals surface area contributed by atoms with Crippen LogP contribution in [0.15, 0.2) is 24.3 Å². The van der Waals surface area contributed by atoms with Gasteiger partial charge < -0.3 is 9.80 Å². The van der Waals surface area contributed by atoms with Gasteiger partial charge in [-0.1, -0.05) is 45.7 Å². The fraction of sp³-hybridized carbons (Fsp3) is 0.577. The van der Waals surface area contributed by atoms with Crippen molar-refractivity contribution in [2.45, 2.75) is 66.0 Å². The van der Waals surface area contributed by atoms with Crippen LogP contribution in [0.4, 0.5) is 19.0 Å². The molecule has 0 radical (unpaired) electrons. The molecule has 186 valence electrons. The number of nitrogens with zero attached hydrogens (tertiary/aromatic N) is 4. The number of anilines is 1. The van der Waals surface area contributed by atoms with Crippen LogP contribution in [-0.2, 0) is 17.4 Å². The second-order valence-corrected chi connectivity index (χ2v) is 8.92. The van der Waals surface area contributed by atoms with Crippen LogP contribution >= 0.6 is 0 Å². The Bertz CT molecular complexity index is 967. The molecule has 5 nitrogen and oxygen atoms in total. The molecule has 1 aliphatic heterocycles. The standard InChI is InChI=1S/C26H35F3N4O/c1-5-8-9-19(6-2)25(34)33-16-14-32(15-17-33)24-22(7-3)18(4)30-23(31-24)20-10-12-21(13-11-20)26(27,28)29/h10-13,19H,5-9,14-17H2,1-4H3. The Kier molecular flexibility index (Phi) is 8.55. The largest absolute Gasteiger partial charge is 0.416 e. The number of amides is 1. The van der Waals surface area contributed by atoms with Gasteiger partial charge in [0.05, 0.1) is 5.56 Å². The van der Waals surface area contributed by atoms with Crippen molar-refractivity contribution in [3.05, 3.63) is 41.1 Å². The van der Waals surface area contributed by atoms with Gasteiger partial charge in [-0.05, 0) is 38.3 Å². The molecule has 3 rings (SSSR count). The van der Waals surface area contributed by atoms with Gasteiger partial charge in [-0.2, -0.15) is 13.2 Å². The van der Waals surface area contributed by atoms with Gasteiger partial charge in [-0.3, -0.25) is 4.79 Å². The monoisotopic (exact) mass is 476 g/mol. The van der Waals surface area contributed by atoms with Gasteiger partial charge in [0.2, 0.25) is 5.91 Å². The van der Waals surface area contributed by atoms with E-state index in [1.54, 1.807) is 0 Å². The fourth-order valence-corrected chi connectivity index (χ4v) is 4.54. The quantitative estimate of drug-likeness (QED) is 0.476. The van der Waals surface area contributed by atoms with Gasteiger partial charge in [-0.15, -0.1) is 0 Å².